The van der Waals surface area contributed by atoms with Crippen LogP contribution in [0.4, 0.5) is 0 Å². The van der Waals surface area contributed by atoms with Crippen molar-refractivity contribution in [1.29, 1.82) is 0 Å². The summed E-state index contributed by atoms with van der Waals surface area (Å²) in [5.41, 5.74) is -0.513. The van der Waals surface area contributed by atoms with Crippen LogP contribution in [0.25, 0.3) is 0 Å². The average Bonchev–Trinajstić information content (AvgIpc) is 2.17. The first-order chi connectivity index (χ1) is 7.03. The molecule has 0 aliphatic carbocycles. The SMILES string of the molecule is CCOC(=O)CCN1CCC(C)(O)CC1. The summed E-state index contributed by atoms with van der Waals surface area (Å²) in [5, 5.41) is 9.74. The second-order valence-electron chi connectivity index (χ2n) is 4.39. The van der Waals surface area contributed by atoms with Crippen LogP contribution in [0.5, 0.6) is 0 Å². The maximum absolute atomic E-state index is 11.1. The predicted molar refractivity (Wildman–Crippen MR) is 57.5 cm³/mol. The minimum absolute atomic E-state index is 0.130. The molecule has 0 unspecified atom stereocenters. The van der Waals surface area contributed by atoms with Crippen molar-refractivity contribution >= 4 is 5.97 Å². The maximum Gasteiger partial charge on any atom is 0.307 e. The Kier molecular flexibility index (Phi) is 4.54. The van der Waals surface area contributed by atoms with E-state index < -0.39 is 5.60 Å². The van der Waals surface area contributed by atoms with E-state index in [4.69, 9.17) is 4.74 Å². The molecular formula is C11H21NO3. The number of carbonyl (C=O) groups is 1. The van der Waals surface area contributed by atoms with E-state index in [2.05, 4.69) is 4.90 Å². The lowest BCUT2D eigenvalue weighted by Crippen LogP contribution is -2.43. The molecule has 4 nitrogen and oxygen atoms in total. The van der Waals surface area contributed by atoms with Gasteiger partial charge in [-0.2, -0.15) is 0 Å². The number of likely N-dealkylation sites (tertiary alicyclic amines) is 1. The molecule has 1 heterocycles. The van der Waals surface area contributed by atoms with Crippen LogP contribution in [0.3, 0.4) is 0 Å². The lowest BCUT2D eigenvalue weighted by atomic mass is 9.94. The van der Waals surface area contributed by atoms with E-state index >= 15 is 0 Å². The third-order valence-electron chi connectivity index (χ3n) is 2.87. The first-order valence-corrected chi connectivity index (χ1v) is 5.64. The summed E-state index contributed by atoms with van der Waals surface area (Å²) in [5.74, 6) is -0.130. The summed E-state index contributed by atoms with van der Waals surface area (Å²) < 4.78 is 4.86. The number of ether oxygens (including phenoxy) is 1. The van der Waals surface area contributed by atoms with Gasteiger partial charge in [0.25, 0.3) is 0 Å². The minimum atomic E-state index is -0.513. The molecule has 4 heteroatoms. The van der Waals surface area contributed by atoms with E-state index in [-0.39, 0.29) is 5.97 Å². The van der Waals surface area contributed by atoms with Crippen molar-refractivity contribution in [2.75, 3.05) is 26.2 Å². The highest BCUT2D eigenvalue weighted by Crippen LogP contribution is 2.20. The lowest BCUT2D eigenvalue weighted by Gasteiger charge is -2.35. The van der Waals surface area contributed by atoms with Gasteiger partial charge < -0.3 is 14.7 Å². The fourth-order valence-corrected chi connectivity index (χ4v) is 1.74. The van der Waals surface area contributed by atoms with Crippen molar-refractivity contribution in [2.24, 2.45) is 0 Å². The van der Waals surface area contributed by atoms with Crippen LogP contribution in [0.1, 0.15) is 33.1 Å². The topological polar surface area (TPSA) is 49.8 Å². The molecule has 1 saturated heterocycles. The Bertz CT molecular complexity index is 206. The van der Waals surface area contributed by atoms with E-state index in [1.54, 1.807) is 0 Å². The number of nitrogens with zero attached hydrogens (tertiary/aromatic N) is 1. The normalized spacial score (nSPS) is 21.3. The van der Waals surface area contributed by atoms with Gasteiger partial charge in [-0.05, 0) is 26.7 Å². The van der Waals surface area contributed by atoms with Gasteiger partial charge in [-0.25, -0.2) is 0 Å². The van der Waals surface area contributed by atoms with Gasteiger partial charge in [-0.15, -0.1) is 0 Å². The summed E-state index contributed by atoms with van der Waals surface area (Å²) >= 11 is 0. The second kappa shape index (κ2) is 5.47. The molecule has 88 valence electrons. The highest BCUT2D eigenvalue weighted by atomic mass is 16.5. The van der Waals surface area contributed by atoms with Crippen molar-refractivity contribution in [1.82, 2.24) is 4.90 Å². The number of hydrogen-bond acceptors (Lipinski definition) is 4. The van der Waals surface area contributed by atoms with E-state index in [0.717, 1.165) is 32.5 Å². The number of esters is 1. The fraction of sp³-hybridized carbons (Fsp3) is 0.909. The van der Waals surface area contributed by atoms with Gasteiger partial charge >= 0.3 is 5.97 Å². The first-order valence-electron chi connectivity index (χ1n) is 5.64. The standard InChI is InChI=1S/C11H21NO3/c1-3-15-10(13)4-7-12-8-5-11(2,14)6-9-12/h14H,3-9H2,1-2H3. The van der Waals surface area contributed by atoms with Crippen LogP contribution < -0.4 is 0 Å². The summed E-state index contributed by atoms with van der Waals surface area (Å²) in [6.45, 7) is 6.62. The molecule has 1 aliphatic heterocycles. The molecule has 0 aromatic heterocycles. The number of carbonyl (C=O) groups excluding carboxylic acids is 1. The monoisotopic (exact) mass is 215 g/mol. The van der Waals surface area contributed by atoms with Crippen molar-refractivity contribution in [2.45, 2.75) is 38.7 Å². The van der Waals surface area contributed by atoms with E-state index in [1.165, 1.54) is 0 Å². The third-order valence-corrected chi connectivity index (χ3v) is 2.87. The molecule has 1 N–H and O–H groups in total. The Morgan fingerprint density at radius 1 is 1.47 bits per heavy atom. The lowest BCUT2D eigenvalue weighted by molar-refractivity contribution is -0.143. The Morgan fingerprint density at radius 3 is 2.60 bits per heavy atom. The summed E-state index contributed by atoms with van der Waals surface area (Å²) in [4.78, 5) is 13.3. The van der Waals surface area contributed by atoms with Crippen molar-refractivity contribution in [3.05, 3.63) is 0 Å². The highest BCUT2D eigenvalue weighted by molar-refractivity contribution is 5.69. The second-order valence-corrected chi connectivity index (χ2v) is 4.39. The molecule has 1 rings (SSSR count). The van der Waals surface area contributed by atoms with Crippen molar-refractivity contribution in [3.8, 4) is 0 Å². The molecule has 0 aromatic carbocycles. The maximum atomic E-state index is 11.1. The number of aliphatic hydroxyl groups is 1. The summed E-state index contributed by atoms with van der Waals surface area (Å²) in [6.07, 6.45) is 2.03. The van der Waals surface area contributed by atoms with Crippen LogP contribution in [-0.2, 0) is 9.53 Å². The first kappa shape index (κ1) is 12.5. The van der Waals surface area contributed by atoms with E-state index in [0.29, 0.717) is 13.0 Å². The Labute approximate surface area is 91.2 Å². The third kappa shape index (κ3) is 4.62. The van der Waals surface area contributed by atoms with Gasteiger partial charge in [0, 0.05) is 19.6 Å². The van der Waals surface area contributed by atoms with Gasteiger partial charge in [0.1, 0.15) is 0 Å². The Balaban J connectivity index is 2.16. The molecule has 15 heavy (non-hydrogen) atoms. The zero-order chi connectivity index (χ0) is 11.3. The molecule has 0 atom stereocenters. The largest absolute Gasteiger partial charge is 0.466 e. The molecular weight excluding hydrogens is 194 g/mol. The molecule has 0 radical (unpaired) electrons. The van der Waals surface area contributed by atoms with Crippen LogP contribution in [0, 0.1) is 0 Å². The number of piperidine rings is 1. The number of rotatable bonds is 4. The summed E-state index contributed by atoms with van der Waals surface area (Å²) in [7, 11) is 0. The zero-order valence-electron chi connectivity index (χ0n) is 9.66. The van der Waals surface area contributed by atoms with Crippen LogP contribution in [0.2, 0.25) is 0 Å². The zero-order valence-corrected chi connectivity index (χ0v) is 9.66. The Morgan fingerprint density at radius 2 is 2.07 bits per heavy atom. The quantitative estimate of drug-likeness (QED) is 0.704. The van der Waals surface area contributed by atoms with E-state index in [9.17, 15) is 9.90 Å². The molecule has 1 fully saturated rings. The number of hydrogen-bond donors (Lipinski definition) is 1. The van der Waals surface area contributed by atoms with Crippen LogP contribution in [-0.4, -0.2) is 47.8 Å². The molecule has 0 spiro atoms. The smallest absolute Gasteiger partial charge is 0.307 e. The van der Waals surface area contributed by atoms with E-state index in [1.807, 2.05) is 13.8 Å². The molecule has 0 aromatic rings. The van der Waals surface area contributed by atoms with Crippen molar-refractivity contribution in [3.63, 3.8) is 0 Å². The van der Waals surface area contributed by atoms with Crippen molar-refractivity contribution < 1.29 is 14.6 Å². The van der Waals surface area contributed by atoms with Gasteiger partial charge in [0.2, 0.25) is 0 Å². The summed E-state index contributed by atoms with van der Waals surface area (Å²) in [6, 6.07) is 0. The van der Waals surface area contributed by atoms with Gasteiger partial charge in [-0.3, -0.25) is 4.79 Å². The molecule has 0 bridgehead atoms. The van der Waals surface area contributed by atoms with Crippen LogP contribution in [0.15, 0.2) is 0 Å². The van der Waals surface area contributed by atoms with Crippen LogP contribution >= 0.6 is 0 Å². The molecule has 1 aliphatic rings. The fourth-order valence-electron chi connectivity index (χ4n) is 1.74. The van der Waals surface area contributed by atoms with Gasteiger partial charge in [0.05, 0.1) is 18.6 Å². The van der Waals surface area contributed by atoms with Gasteiger partial charge in [0.15, 0.2) is 0 Å². The molecule has 0 saturated carbocycles. The average molecular weight is 215 g/mol. The minimum Gasteiger partial charge on any atom is -0.466 e. The molecule has 0 amide bonds. The van der Waals surface area contributed by atoms with Gasteiger partial charge in [-0.1, -0.05) is 0 Å². The Hall–Kier alpha value is -0.610. The predicted octanol–water partition coefficient (Wildman–Crippen LogP) is 0.786. The highest BCUT2D eigenvalue weighted by Gasteiger charge is 2.27.